The molecule has 1 fully saturated rings. The zero-order valence-electron chi connectivity index (χ0n) is 12.2. The monoisotopic (exact) mass is 322 g/mol. The van der Waals surface area contributed by atoms with Crippen molar-refractivity contribution >= 4 is 39.3 Å². The van der Waals surface area contributed by atoms with Crippen molar-refractivity contribution < 1.29 is 16.5 Å². The Hall–Kier alpha value is 0.448. The molecule has 0 N–H and O–H groups in total. The molecule has 106 valence electrons. The van der Waals surface area contributed by atoms with Crippen LogP contribution in [0.25, 0.3) is 0 Å². The lowest BCUT2D eigenvalue weighted by Gasteiger charge is -2.30. The van der Waals surface area contributed by atoms with E-state index in [0.717, 1.165) is 0 Å². The minimum Gasteiger partial charge on any atom is -0.425 e. The molecule has 1 saturated heterocycles. The summed E-state index contributed by atoms with van der Waals surface area (Å²) in [5, 5.41) is 1.34. The highest BCUT2D eigenvalue weighted by Gasteiger charge is 2.26. The van der Waals surface area contributed by atoms with Gasteiger partial charge in [-0.05, 0) is 30.9 Å². The lowest BCUT2D eigenvalue weighted by atomic mass is 9.81. The second-order valence-electron chi connectivity index (χ2n) is 5.37. The Balaban J connectivity index is 2.77. The van der Waals surface area contributed by atoms with Gasteiger partial charge < -0.3 is 16.5 Å². The van der Waals surface area contributed by atoms with Crippen LogP contribution in [0.2, 0.25) is 0 Å². The first-order valence-electron chi connectivity index (χ1n) is 6.55. The molecule has 0 unspecified atom stereocenters. The summed E-state index contributed by atoms with van der Waals surface area (Å²) in [5.41, 5.74) is 1.67. The molecule has 0 atom stereocenters. The first kappa shape index (κ1) is 16.5. The van der Waals surface area contributed by atoms with Crippen LogP contribution >= 0.6 is 0 Å². The highest BCUT2D eigenvalue weighted by molar-refractivity contribution is 6.65. The molecule has 0 aromatic rings. The van der Waals surface area contributed by atoms with Crippen LogP contribution in [-0.4, -0.2) is 39.3 Å². The second-order valence-corrected chi connectivity index (χ2v) is 13.5. The van der Waals surface area contributed by atoms with E-state index in [1.54, 1.807) is 0 Å². The number of hydrogen-bond acceptors (Lipinski definition) is 4. The first-order valence-corrected chi connectivity index (χ1v) is 11.5. The van der Waals surface area contributed by atoms with E-state index in [0.29, 0.717) is 0 Å². The van der Waals surface area contributed by atoms with Gasteiger partial charge in [-0.2, -0.15) is 0 Å². The Bertz CT molecular complexity index is 288. The van der Waals surface area contributed by atoms with Crippen molar-refractivity contribution in [1.29, 1.82) is 0 Å². The van der Waals surface area contributed by atoms with Crippen molar-refractivity contribution in [3.8, 4) is 0 Å². The molecule has 0 amide bonds. The van der Waals surface area contributed by atoms with Crippen molar-refractivity contribution in [3.05, 3.63) is 10.8 Å². The van der Waals surface area contributed by atoms with Gasteiger partial charge in [0.2, 0.25) is 0 Å². The van der Waals surface area contributed by atoms with Crippen LogP contribution in [0.1, 0.15) is 47.5 Å². The second kappa shape index (κ2) is 7.90. The predicted octanol–water partition coefficient (Wildman–Crippen LogP) is -0.0148. The summed E-state index contributed by atoms with van der Waals surface area (Å²) in [6.07, 6.45) is 2.40. The molecule has 0 aromatic carbocycles. The molecular formula is C10H26O4Si4. The molecule has 0 bridgehead atoms. The number of hydrogen-bond donors (Lipinski definition) is 0. The van der Waals surface area contributed by atoms with Crippen LogP contribution in [0.4, 0.5) is 0 Å². The summed E-state index contributed by atoms with van der Waals surface area (Å²) in [5.74, 6) is 0. The van der Waals surface area contributed by atoms with Crippen molar-refractivity contribution in [2.24, 2.45) is 5.41 Å². The zero-order valence-corrected chi connectivity index (χ0v) is 17.6. The summed E-state index contributed by atoms with van der Waals surface area (Å²) in [6.45, 7) is 11.2. The van der Waals surface area contributed by atoms with Crippen LogP contribution < -0.4 is 0 Å². The standard InChI is InChI=1S/C10H26O4Si4/c1-6-7-10(4,5)8(2)9(3)18-13-16-11-15-12-17-14-18/h18H,6-7,15-17H2,1-5H3. The zero-order chi connectivity index (χ0) is 13.6. The highest BCUT2D eigenvalue weighted by atomic mass is 28.4. The van der Waals surface area contributed by atoms with Gasteiger partial charge in [-0.15, -0.1) is 0 Å². The lowest BCUT2D eigenvalue weighted by molar-refractivity contribution is 0.331. The van der Waals surface area contributed by atoms with E-state index in [1.165, 1.54) is 23.6 Å². The Morgan fingerprint density at radius 2 is 1.61 bits per heavy atom. The Labute approximate surface area is 119 Å². The molecule has 0 saturated carbocycles. The van der Waals surface area contributed by atoms with Crippen molar-refractivity contribution in [2.75, 3.05) is 0 Å². The fourth-order valence-corrected chi connectivity index (χ4v) is 11.7. The maximum atomic E-state index is 5.90. The average molecular weight is 323 g/mol. The number of allylic oxidation sites excluding steroid dienone is 2. The van der Waals surface area contributed by atoms with Gasteiger partial charge in [-0.25, -0.2) is 0 Å². The molecule has 0 aromatic heterocycles. The van der Waals surface area contributed by atoms with Gasteiger partial charge in [0.25, 0.3) is 30.0 Å². The van der Waals surface area contributed by atoms with Gasteiger partial charge in [0.15, 0.2) is 0 Å². The summed E-state index contributed by atoms with van der Waals surface area (Å²) in [4.78, 5) is 0. The van der Waals surface area contributed by atoms with Crippen LogP contribution in [-0.2, 0) is 16.5 Å². The Morgan fingerprint density at radius 1 is 1.06 bits per heavy atom. The number of rotatable bonds is 4. The van der Waals surface area contributed by atoms with Crippen LogP contribution in [0.3, 0.4) is 0 Å². The molecule has 0 aliphatic carbocycles. The largest absolute Gasteiger partial charge is 0.425 e. The van der Waals surface area contributed by atoms with Crippen molar-refractivity contribution in [2.45, 2.75) is 47.5 Å². The maximum Gasteiger partial charge on any atom is 0.333 e. The first-order chi connectivity index (χ1) is 8.49. The van der Waals surface area contributed by atoms with E-state index in [4.69, 9.17) is 16.5 Å². The van der Waals surface area contributed by atoms with Crippen LogP contribution in [0, 0.1) is 5.41 Å². The molecule has 0 spiro atoms. The molecule has 18 heavy (non-hydrogen) atoms. The topological polar surface area (TPSA) is 36.9 Å². The van der Waals surface area contributed by atoms with E-state index < -0.39 is 39.3 Å². The molecule has 1 rings (SSSR count). The lowest BCUT2D eigenvalue weighted by Crippen LogP contribution is -2.35. The molecule has 0 radical (unpaired) electrons. The minimum absolute atomic E-state index is 0.237. The van der Waals surface area contributed by atoms with Gasteiger partial charge in [-0.3, -0.25) is 0 Å². The third-order valence-corrected chi connectivity index (χ3v) is 10.9. The van der Waals surface area contributed by atoms with Crippen molar-refractivity contribution in [3.63, 3.8) is 0 Å². The van der Waals surface area contributed by atoms with Gasteiger partial charge in [0, 0.05) is 0 Å². The summed E-state index contributed by atoms with van der Waals surface area (Å²) < 4.78 is 22.7. The van der Waals surface area contributed by atoms with E-state index in [1.807, 2.05) is 0 Å². The molecule has 1 aliphatic heterocycles. The van der Waals surface area contributed by atoms with E-state index in [-0.39, 0.29) is 5.41 Å². The summed E-state index contributed by atoms with van der Waals surface area (Å²) in [6, 6.07) is 0. The SMILES string of the molecule is CCCC(C)(C)C(C)=C(C)[SiH]1O[SiH2]O[SiH2]O[SiH2]O1. The molecular weight excluding hydrogens is 296 g/mol. The van der Waals surface area contributed by atoms with Gasteiger partial charge >= 0.3 is 9.28 Å². The van der Waals surface area contributed by atoms with Crippen LogP contribution in [0.5, 0.6) is 0 Å². The maximum absolute atomic E-state index is 5.90. The van der Waals surface area contributed by atoms with E-state index >= 15 is 0 Å². The minimum atomic E-state index is -1.70. The van der Waals surface area contributed by atoms with E-state index in [2.05, 4.69) is 34.6 Å². The normalized spacial score (nSPS) is 28.2. The molecule has 1 aliphatic rings. The Morgan fingerprint density at radius 3 is 2.11 bits per heavy atom. The Kier molecular flexibility index (Phi) is 7.24. The molecule has 1 heterocycles. The smallest absolute Gasteiger partial charge is 0.333 e. The highest BCUT2D eigenvalue weighted by Crippen LogP contribution is 2.34. The fraction of sp³-hybridized carbons (Fsp3) is 0.800. The van der Waals surface area contributed by atoms with Crippen molar-refractivity contribution in [1.82, 2.24) is 0 Å². The predicted molar refractivity (Wildman–Crippen MR) is 84.2 cm³/mol. The van der Waals surface area contributed by atoms with E-state index in [9.17, 15) is 0 Å². The quantitative estimate of drug-likeness (QED) is 0.682. The molecule has 4 nitrogen and oxygen atoms in total. The van der Waals surface area contributed by atoms with Crippen LogP contribution in [0.15, 0.2) is 10.8 Å². The average Bonchev–Trinajstić information content (AvgIpc) is 2.26. The van der Waals surface area contributed by atoms with Gasteiger partial charge in [0.1, 0.15) is 0 Å². The van der Waals surface area contributed by atoms with Gasteiger partial charge in [-0.1, -0.05) is 32.8 Å². The fourth-order valence-electron chi connectivity index (χ4n) is 2.17. The third kappa shape index (κ3) is 4.85. The van der Waals surface area contributed by atoms with Gasteiger partial charge in [0.05, 0.1) is 0 Å². The molecule has 8 heteroatoms. The summed E-state index contributed by atoms with van der Waals surface area (Å²) >= 11 is 0. The summed E-state index contributed by atoms with van der Waals surface area (Å²) in [7, 11) is -4.20. The third-order valence-electron chi connectivity index (χ3n) is 3.61.